The Kier molecular flexibility index (Phi) is 6.84. The molecule has 0 spiro atoms. The number of furan rings is 1. The number of amides is 2. The molecule has 1 aromatic heterocycles. The molecule has 1 aliphatic rings. The third-order valence-electron chi connectivity index (χ3n) is 5.33. The molecule has 7 nitrogen and oxygen atoms in total. The van der Waals surface area contributed by atoms with Crippen LogP contribution in [0.5, 0.6) is 0 Å². The summed E-state index contributed by atoms with van der Waals surface area (Å²) in [6.45, 7) is 4.29. The van der Waals surface area contributed by atoms with Crippen LogP contribution in [0.1, 0.15) is 49.9 Å². The molecule has 4 rings (SSSR count). The quantitative estimate of drug-likeness (QED) is 0.506. The summed E-state index contributed by atoms with van der Waals surface area (Å²) >= 11 is 1.55. The second kappa shape index (κ2) is 9.95. The molecule has 2 aromatic carbocycles. The van der Waals surface area contributed by atoms with Crippen LogP contribution in [0.4, 0.5) is 5.69 Å². The molecule has 1 atom stereocenters. The number of hydrogen-bond donors (Lipinski definition) is 1. The van der Waals surface area contributed by atoms with Crippen LogP contribution in [-0.2, 0) is 16.1 Å². The van der Waals surface area contributed by atoms with Gasteiger partial charge in [-0.2, -0.15) is 0 Å². The summed E-state index contributed by atoms with van der Waals surface area (Å²) in [4.78, 5) is 39.0. The first-order valence-electron chi connectivity index (χ1n) is 10.6. The predicted octanol–water partition coefficient (Wildman–Crippen LogP) is 4.79. The van der Waals surface area contributed by atoms with Crippen molar-refractivity contribution in [1.29, 1.82) is 0 Å². The van der Waals surface area contributed by atoms with Crippen LogP contribution in [0.2, 0.25) is 0 Å². The number of carbonyl (C=O) groups excluding carboxylic acids is 3. The topological polar surface area (TPSA) is 88.8 Å². The highest BCUT2D eigenvalue weighted by atomic mass is 32.2. The van der Waals surface area contributed by atoms with E-state index in [0.29, 0.717) is 29.1 Å². The molecule has 33 heavy (non-hydrogen) atoms. The molecular weight excluding hydrogens is 440 g/mol. The van der Waals surface area contributed by atoms with Crippen molar-refractivity contribution in [3.05, 3.63) is 88.9 Å². The molecule has 0 unspecified atom stereocenters. The predicted molar refractivity (Wildman–Crippen MR) is 126 cm³/mol. The van der Waals surface area contributed by atoms with E-state index >= 15 is 0 Å². The molecule has 0 aliphatic carbocycles. The number of rotatable bonds is 7. The molecule has 0 bridgehead atoms. The molecule has 1 saturated heterocycles. The fraction of sp³-hybridized carbons (Fsp3) is 0.240. The van der Waals surface area contributed by atoms with Crippen molar-refractivity contribution < 1.29 is 23.5 Å². The molecule has 2 heterocycles. The third-order valence-corrected chi connectivity index (χ3v) is 6.59. The average Bonchev–Trinajstić information content (AvgIpc) is 3.46. The Morgan fingerprint density at radius 1 is 1.15 bits per heavy atom. The van der Waals surface area contributed by atoms with Gasteiger partial charge in [0.15, 0.2) is 0 Å². The number of benzene rings is 2. The van der Waals surface area contributed by atoms with Crippen LogP contribution in [0.15, 0.2) is 65.3 Å². The lowest BCUT2D eigenvalue weighted by Crippen LogP contribution is -2.27. The van der Waals surface area contributed by atoms with Crippen molar-refractivity contribution >= 4 is 35.2 Å². The smallest absolute Gasteiger partial charge is 0.338 e. The van der Waals surface area contributed by atoms with Gasteiger partial charge < -0.3 is 19.4 Å². The fourth-order valence-corrected chi connectivity index (χ4v) is 4.75. The lowest BCUT2D eigenvalue weighted by molar-refractivity contribution is -0.128. The zero-order valence-electron chi connectivity index (χ0n) is 18.4. The first-order valence-corrected chi connectivity index (χ1v) is 11.6. The van der Waals surface area contributed by atoms with Crippen LogP contribution in [0.25, 0.3) is 0 Å². The van der Waals surface area contributed by atoms with Gasteiger partial charge in [0.1, 0.15) is 11.1 Å². The van der Waals surface area contributed by atoms with Gasteiger partial charge in [-0.15, -0.1) is 11.8 Å². The summed E-state index contributed by atoms with van der Waals surface area (Å²) in [6, 6.07) is 15.9. The Labute approximate surface area is 196 Å². The molecule has 2 amide bonds. The van der Waals surface area contributed by atoms with Gasteiger partial charge in [-0.1, -0.05) is 18.2 Å². The number of nitrogens with zero attached hydrogens (tertiary/aromatic N) is 1. The Balaban J connectivity index is 1.47. The molecule has 3 aromatic rings. The molecule has 170 valence electrons. The summed E-state index contributed by atoms with van der Waals surface area (Å²) in [5.74, 6) is 0.477. The molecule has 0 radical (unpaired) electrons. The largest absolute Gasteiger partial charge is 0.467 e. The molecule has 1 aliphatic heterocycles. The number of anilines is 1. The minimum Gasteiger partial charge on any atom is -0.467 e. The van der Waals surface area contributed by atoms with Crippen LogP contribution in [0, 0.1) is 6.92 Å². The van der Waals surface area contributed by atoms with Crippen LogP contribution >= 0.6 is 11.8 Å². The van der Waals surface area contributed by atoms with E-state index in [0.717, 1.165) is 16.9 Å². The Morgan fingerprint density at radius 3 is 2.61 bits per heavy atom. The van der Waals surface area contributed by atoms with Crippen molar-refractivity contribution in [3.8, 4) is 0 Å². The minimum atomic E-state index is -0.430. The van der Waals surface area contributed by atoms with Crippen LogP contribution < -0.4 is 5.32 Å². The van der Waals surface area contributed by atoms with Gasteiger partial charge in [0, 0.05) is 11.3 Å². The maximum atomic E-state index is 12.8. The summed E-state index contributed by atoms with van der Waals surface area (Å²) in [6.07, 6.45) is 1.59. The second-order valence-electron chi connectivity index (χ2n) is 7.59. The highest BCUT2D eigenvalue weighted by Gasteiger charge is 2.33. The van der Waals surface area contributed by atoms with Crippen molar-refractivity contribution in [1.82, 2.24) is 4.90 Å². The van der Waals surface area contributed by atoms with Gasteiger partial charge >= 0.3 is 5.97 Å². The van der Waals surface area contributed by atoms with E-state index in [9.17, 15) is 14.4 Å². The summed E-state index contributed by atoms with van der Waals surface area (Å²) in [5, 5.41) is 2.73. The number of esters is 1. The van der Waals surface area contributed by atoms with E-state index in [-0.39, 0.29) is 23.8 Å². The van der Waals surface area contributed by atoms with Crippen molar-refractivity contribution in [2.45, 2.75) is 25.8 Å². The SMILES string of the molecule is CCOC(=O)c1ccc(C)c(NC(=O)c2ccc([C@@H]3SCC(=O)N3Cc3ccco3)cc2)c1. The maximum Gasteiger partial charge on any atom is 0.338 e. The molecular formula is C25H24N2O5S. The number of thioether (sulfide) groups is 1. The number of carbonyl (C=O) groups is 3. The van der Waals surface area contributed by atoms with Crippen molar-refractivity contribution in [2.24, 2.45) is 0 Å². The van der Waals surface area contributed by atoms with Gasteiger partial charge in [-0.3, -0.25) is 9.59 Å². The maximum absolute atomic E-state index is 12.8. The van der Waals surface area contributed by atoms with E-state index in [1.165, 1.54) is 0 Å². The average molecular weight is 465 g/mol. The third kappa shape index (κ3) is 5.12. The van der Waals surface area contributed by atoms with E-state index < -0.39 is 5.97 Å². The number of ether oxygens (including phenoxy) is 1. The zero-order valence-corrected chi connectivity index (χ0v) is 19.2. The lowest BCUT2D eigenvalue weighted by atomic mass is 10.1. The van der Waals surface area contributed by atoms with Gasteiger partial charge in [0.05, 0.1) is 30.7 Å². The number of hydrogen-bond acceptors (Lipinski definition) is 6. The fourth-order valence-electron chi connectivity index (χ4n) is 3.56. The minimum absolute atomic E-state index is 0.0557. The molecule has 8 heteroatoms. The van der Waals surface area contributed by atoms with E-state index in [1.807, 2.05) is 25.1 Å². The number of nitrogens with one attached hydrogen (secondary N) is 1. The first-order chi connectivity index (χ1) is 16.0. The van der Waals surface area contributed by atoms with E-state index in [2.05, 4.69) is 5.32 Å². The Bertz CT molecular complexity index is 1160. The van der Waals surface area contributed by atoms with Crippen LogP contribution in [-0.4, -0.2) is 35.0 Å². The molecule has 1 fully saturated rings. The summed E-state index contributed by atoms with van der Waals surface area (Å²) < 4.78 is 10.4. The molecule has 1 N–H and O–H groups in total. The van der Waals surface area contributed by atoms with Crippen molar-refractivity contribution in [3.63, 3.8) is 0 Å². The second-order valence-corrected chi connectivity index (χ2v) is 8.66. The monoisotopic (exact) mass is 464 g/mol. The first kappa shape index (κ1) is 22.7. The van der Waals surface area contributed by atoms with Gasteiger partial charge in [0.25, 0.3) is 5.91 Å². The summed E-state index contributed by atoms with van der Waals surface area (Å²) in [5.41, 5.74) is 3.19. The van der Waals surface area contributed by atoms with E-state index in [1.54, 1.807) is 66.2 Å². The normalized spacial score (nSPS) is 15.5. The lowest BCUT2D eigenvalue weighted by Gasteiger charge is -2.23. The Hall–Kier alpha value is -3.52. The number of aryl methyl sites for hydroxylation is 1. The highest BCUT2D eigenvalue weighted by molar-refractivity contribution is 8.00. The van der Waals surface area contributed by atoms with Gasteiger partial charge in [-0.05, 0) is 61.4 Å². The summed E-state index contributed by atoms with van der Waals surface area (Å²) in [7, 11) is 0. The highest BCUT2D eigenvalue weighted by Crippen LogP contribution is 2.39. The Morgan fingerprint density at radius 2 is 1.91 bits per heavy atom. The zero-order chi connectivity index (χ0) is 23.4. The van der Waals surface area contributed by atoms with Gasteiger partial charge in [-0.25, -0.2) is 4.79 Å². The van der Waals surface area contributed by atoms with Gasteiger partial charge in [0.2, 0.25) is 5.91 Å². The van der Waals surface area contributed by atoms with Crippen LogP contribution in [0.3, 0.4) is 0 Å². The van der Waals surface area contributed by atoms with Crippen molar-refractivity contribution in [2.75, 3.05) is 17.7 Å². The van der Waals surface area contributed by atoms with E-state index in [4.69, 9.17) is 9.15 Å². The standard InChI is InChI=1S/C25H24N2O5S/c1-3-31-25(30)19-7-6-16(2)21(13-19)26-23(29)17-8-10-18(11-9-17)24-27(22(28)15-33-24)14-20-5-4-12-32-20/h4-13,24H,3,14-15H2,1-2H3,(H,26,29)/t24-/m0/s1. The molecule has 0 saturated carbocycles.